The first-order valence-corrected chi connectivity index (χ1v) is 7.46. The molecule has 0 saturated carbocycles. The molecule has 2 unspecified atom stereocenters. The lowest BCUT2D eigenvalue weighted by molar-refractivity contribution is -0.156. The summed E-state index contributed by atoms with van der Waals surface area (Å²) >= 11 is 0. The molecule has 138 valence electrons. The van der Waals surface area contributed by atoms with Gasteiger partial charge in [-0.15, -0.1) is 0 Å². The minimum absolute atomic E-state index is 0.00892. The second-order valence-corrected chi connectivity index (χ2v) is 6.14. The van der Waals surface area contributed by atoms with Gasteiger partial charge >= 0.3 is 12.4 Å². The number of nitrogens with zero attached hydrogens (tertiary/aromatic N) is 1. The van der Waals surface area contributed by atoms with Crippen LogP contribution >= 0.6 is 0 Å². The number of aromatic nitrogens is 1. The van der Waals surface area contributed by atoms with Crippen LogP contribution in [0, 0.1) is 0 Å². The maximum Gasteiger partial charge on any atom is 0.417 e. The van der Waals surface area contributed by atoms with Crippen LogP contribution < -0.4 is 5.56 Å². The predicted octanol–water partition coefficient (Wildman–Crippen LogP) is 2.94. The van der Waals surface area contributed by atoms with Crippen molar-refractivity contribution >= 4 is 6.08 Å². The van der Waals surface area contributed by atoms with Crippen molar-refractivity contribution in [2.75, 3.05) is 13.1 Å². The number of fused-ring (bicyclic) bond motifs is 2. The van der Waals surface area contributed by atoms with Gasteiger partial charge in [0.05, 0.1) is 11.7 Å². The first-order valence-electron chi connectivity index (χ1n) is 7.46. The van der Waals surface area contributed by atoms with Crippen LogP contribution in [0.2, 0.25) is 0 Å². The second kappa shape index (κ2) is 5.79. The fraction of sp³-hybridized carbons (Fsp3) is 0.533. The lowest BCUT2D eigenvalue weighted by Gasteiger charge is -2.42. The highest BCUT2D eigenvalue weighted by atomic mass is 19.4. The number of nitrogens with one attached hydrogen (secondary N) is 1. The number of H-pyrrole nitrogens is 1. The van der Waals surface area contributed by atoms with E-state index in [1.165, 1.54) is 0 Å². The molecule has 1 saturated heterocycles. The van der Waals surface area contributed by atoms with Crippen molar-refractivity contribution < 1.29 is 31.1 Å². The number of halogens is 6. The standard InChI is InChI=1S/C15H14F6N2O2/c1-7-5-23(6-14(16,17)18)11-2-8-9(15(19,20)21)3-13(24)22-10(8)4-12(11)25-7/h2-3,7,12H,4-6H2,1H3,(H,22,24). The highest BCUT2D eigenvalue weighted by Crippen LogP contribution is 2.38. The summed E-state index contributed by atoms with van der Waals surface area (Å²) in [5.74, 6) is 0. The molecule has 0 amide bonds. The van der Waals surface area contributed by atoms with E-state index in [1.54, 1.807) is 6.92 Å². The van der Waals surface area contributed by atoms with E-state index in [2.05, 4.69) is 4.98 Å². The summed E-state index contributed by atoms with van der Waals surface area (Å²) in [5, 5.41) is 0. The number of hydrogen-bond acceptors (Lipinski definition) is 3. The van der Waals surface area contributed by atoms with Gasteiger partial charge in [0.25, 0.3) is 0 Å². The molecular weight excluding hydrogens is 354 g/mol. The van der Waals surface area contributed by atoms with E-state index in [1.807, 2.05) is 0 Å². The molecule has 25 heavy (non-hydrogen) atoms. The number of rotatable bonds is 1. The van der Waals surface area contributed by atoms with Crippen LogP contribution in [0.1, 0.15) is 23.7 Å². The van der Waals surface area contributed by atoms with Gasteiger partial charge in [0.1, 0.15) is 12.6 Å². The summed E-state index contributed by atoms with van der Waals surface area (Å²) in [5.41, 5.74) is -2.35. The molecule has 0 bridgehead atoms. The number of morpholine rings is 1. The van der Waals surface area contributed by atoms with E-state index in [-0.39, 0.29) is 29.9 Å². The monoisotopic (exact) mass is 368 g/mol. The molecule has 1 aromatic heterocycles. The minimum Gasteiger partial charge on any atom is -0.367 e. The first-order chi connectivity index (χ1) is 11.4. The van der Waals surface area contributed by atoms with Gasteiger partial charge in [-0.3, -0.25) is 4.79 Å². The van der Waals surface area contributed by atoms with Gasteiger partial charge in [-0.05, 0) is 13.0 Å². The van der Waals surface area contributed by atoms with Crippen molar-refractivity contribution in [2.24, 2.45) is 0 Å². The van der Waals surface area contributed by atoms with Gasteiger partial charge in [-0.25, -0.2) is 0 Å². The molecule has 0 radical (unpaired) electrons. The van der Waals surface area contributed by atoms with E-state index in [0.717, 1.165) is 11.0 Å². The molecule has 3 rings (SSSR count). The molecule has 10 heteroatoms. The number of aromatic amines is 1. The van der Waals surface area contributed by atoms with Crippen LogP contribution in [0.25, 0.3) is 6.08 Å². The summed E-state index contributed by atoms with van der Waals surface area (Å²) < 4.78 is 83.6. The molecule has 2 heterocycles. The smallest absolute Gasteiger partial charge is 0.367 e. The average Bonchev–Trinajstić information content (AvgIpc) is 2.41. The zero-order valence-corrected chi connectivity index (χ0v) is 13.0. The van der Waals surface area contributed by atoms with Gasteiger partial charge in [0.15, 0.2) is 0 Å². The molecule has 1 fully saturated rings. The first kappa shape index (κ1) is 17.8. The molecule has 1 aliphatic carbocycles. The quantitative estimate of drug-likeness (QED) is 0.776. The van der Waals surface area contributed by atoms with Crippen LogP contribution in [0.5, 0.6) is 0 Å². The van der Waals surface area contributed by atoms with E-state index < -0.39 is 42.2 Å². The Morgan fingerprint density at radius 2 is 1.96 bits per heavy atom. The van der Waals surface area contributed by atoms with Crippen LogP contribution in [-0.4, -0.2) is 41.4 Å². The minimum atomic E-state index is -4.79. The Morgan fingerprint density at radius 1 is 1.28 bits per heavy atom. The Morgan fingerprint density at radius 3 is 2.56 bits per heavy atom. The van der Waals surface area contributed by atoms with Crippen molar-refractivity contribution in [3.63, 3.8) is 0 Å². The number of ether oxygens (including phenoxy) is 1. The van der Waals surface area contributed by atoms with Crippen LogP contribution in [0.3, 0.4) is 0 Å². The van der Waals surface area contributed by atoms with Crippen molar-refractivity contribution in [1.82, 2.24) is 9.88 Å². The lowest BCUT2D eigenvalue weighted by atomic mass is 9.92. The third-order valence-electron chi connectivity index (χ3n) is 4.09. The zero-order chi connectivity index (χ0) is 18.6. The molecule has 0 spiro atoms. The van der Waals surface area contributed by atoms with Gasteiger partial charge in [0, 0.05) is 36.0 Å². The third kappa shape index (κ3) is 3.68. The van der Waals surface area contributed by atoms with E-state index >= 15 is 0 Å². The van der Waals surface area contributed by atoms with Gasteiger partial charge < -0.3 is 14.6 Å². The molecule has 1 N–H and O–H groups in total. The summed E-state index contributed by atoms with van der Waals surface area (Å²) in [4.78, 5) is 14.8. The Bertz CT molecular complexity index is 765. The highest BCUT2D eigenvalue weighted by Gasteiger charge is 2.42. The van der Waals surface area contributed by atoms with Crippen molar-refractivity contribution in [3.8, 4) is 0 Å². The van der Waals surface area contributed by atoms with E-state index in [4.69, 9.17) is 4.74 Å². The Labute approximate surface area is 138 Å². The van der Waals surface area contributed by atoms with Crippen molar-refractivity contribution in [1.29, 1.82) is 0 Å². The van der Waals surface area contributed by atoms with Crippen molar-refractivity contribution in [3.05, 3.63) is 38.9 Å². The largest absolute Gasteiger partial charge is 0.417 e. The van der Waals surface area contributed by atoms with Crippen LogP contribution in [0.15, 0.2) is 16.6 Å². The number of hydrogen-bond donors (Lipinski definition) is 1. The fourth-order valence-corrected chi connectivity index (χ4v) is 3.24. The maximum absolute atomic E-state index is 13.2. The van der Waals surface area contributed by atoms with Crippen LogP contribution in [-0.2, 0) is 17.3 Å². The molecule has 1 aliphatic heterocycles. The van der Waals surface area contributed by atoms with E-state index in [0.29, 0.717) is 6.07 Å². The molecular formula is C15H14F6N2O2. The fourth-order valence-electron chi connectivity index (χ4n) is 3.24. The SMILES string of the molecule is CC1CN(CC(F)(F)F)C2=Cc3c(C(F)(F)F)cc(=O)[nH]c3CC2O1. The van der Waals surface area contributed by atoms with Gasteiger partial charge in [-0.1, -0.05) is 0 Å². The Balaban J connectivity index is 2.11. The molecule has 4 nitrogen and oxygen atoms in total. The molecule has 2 aliphatic rings. The topological polar surface area (TPSA) is 45.3 Å². The molecule has 0 aromatic carbocycles. The second-order valence-electron chi connectivity index (χ2n) is 6.14. The van der Waals surface area contributed by atoms with Gasteiger partial charge in [-0.2, -0.15) is 26.3 Å². The third-order valence-corrected chi connectivity index (χ3v) is 4.09. The molecule has 2 atom stereocenters. The Kier molecular flexibility index (Phi) is 4.13. The summed E-state index contributed by atoms with van der Waals surface area (Å²) in [7, 11) is 0. The normalized spacial score (nSPS) is 23.8. The van der Waals surface area contributed by atoms with E-state index in [9.17, 15) is 31.1 Å². The van der Waals surface area contributed by atoms with Crippen LogP contribution in [0.4, 0.5) is 26.3 Å². The molecule has 1 aromatic rings. The Hall–Kier alpha value is -1.97. The maximum atomic E-state index is 13.2. The lowest BCUT2D eigenvalue weighted by Crippen LogP contribution is -2.49. The predicted molar refractivity (Wildman–Crippen MR) is 75.7 cm³/mol. The zero-order valence-electron chi connectivity index (χ0n) is 13.0. The number of alkyl halides is 6. The summed E-state index contributed by atoms with van der Waals surface area (Å²) in [6.45, 7) is 0.232. The summed E-state index contributed by atoms with van der Waals surface area (Å²) in [6.07, 6.45) is -9.74. The average molecular weight is 368 g/mol. The highest BCUT2D eigenvalue weighted by molar-refractivity contribution is 5.63. The number of pyridine rings is 1. The summed E-state index contributed by atoms with van der Waals surface area (Å²) in [6, 6.07) is 0.413. The van der Waals surface area contributed by atoms with Crippen molar-refractivity contribution in [2.45, 2.75) is 37.9 Å². The van der Waals surface area contributed by atoms with Gasteiger partial charge in [0.2, 0.25) is 5.56 Å².